The molecule has 0 amide bonds. The van der Waals surface area contributed by atoms with Crippen LogP contribution in [0.2, 0.25) is 0 Å². The van der Waals surface area contributed by atoms with Crippen LogP contribution in [0, 0.1) is 13.8 Å². The smallest absolute Gasteiger partial charge is 0.327 e. The number of fused-ring (bicyclic) bond motifs is 1. The fourth-order valence-corrected chi connectivity index (χ4v) is 3.79. The van der Waals surface area contributed by atoms with Crippen LogP contribution in [0.3, 0.4) is 0 Å². The standard InChI is InChI=1S/C20H22N6O3S/c1-4-29-18(27)10-25-9-16(22-24-25)11-28-12-17-19(15-7-5-13(2)6-8-15)21-20-26(17)23-14(3)30-20/h5-9H,4,10-12H2,1-3H3. The second-order valence-corrected chi connectivity index (χ2v) is 7.95. The number of nitrogens with zero attached hydrogens (tertiary/aromatic N) is 6. The number of aryl methyl sites for hydroxylation is 2. The summed E-state index contributed by atoms with van der Waals surface area (Å²) in [5, 5.41) is 13.5. The van der Waals surface area contributed by atoms with Crippen molar-refractivity contribution >= 4 is 22.3 Å². The van der Waals surface area contributed by atoms with E-state index in [1.165, 1.54) is 10.2 Å². The number of aromatic nitrogens is 6. The van der Waals surface area contributed by atoms with Crippen molar-refractivity contribution in [3.63, 3.8) is 0 Å². The zero-order valence-corrected chi connectivity index (χ0v) is 17.8. The van der Waals surface area contributed by atoms with E-state index in [-0.39, 0.29) is 19.1 Å². The maximum atomic E-state index is 11.6. The minimum atomic E-state index is -0.349. The van der Waals surface area contributed by atoms with Crippen LogP contribution in [0.15, 0.2) is 30.5 Å². The van der Waals surface area contributed by atoms with Gasteiger partial charge in [-0.2, -0.15) is 5.10 Å². The van der Waals surface area contributed by atoms with E-state index >= 15 is 0 Å². The summed E-state index contributed by atoms with van der Waals surface area (Å²) in [5.41, 5.74) is 4.59. The third-order valence-corrected chi connectivity index (χ3v) is 5.22. The monoisotopic (exact) mass is 426 g/mol. The van der Waals surface area contributed by atoms with E-state index in [0.29, 0.717) is 18.9 Å². The molecule has 9 nitrogen and oxygen atoms in total. The number of carbonyl (C=O) groups excluding carboxylic acids is 1. The Morgan fingerprint density at radius 1 is 1.17 bits per heavy atom. The molecule has 0 radical (unpaired) electrons. The van der Waals surface area contributed by atoms with Crippen LogP contribution in [-0.4, -0.2) is 42.2 Å². The molecule has 156 valence electrons. The minimum absolute atomic E-state index is 0.0275. The topological polar surface area (TPSA) is 96.4 Å². The van der Waals surface area contributed by atoms with Crippen LogP contribution in [0.4, 0.5) is 0 Å². The number of imidazole rings is 1. The van der Waals surface area contributed by atoms with Crippen molar-refractivity contribution in [1.29, 1.82) is 0 Å². The molecule has 0 N–H and O–H groups in total. The van der Waals surface area contributed by atoms with E-state index in [0.717, 1.165) is 26.9 Å². The third-order valence-electron chi connectivity index (χ3n) is 4.39. The zero-order chi connectivity index (χ0) is 21.1. The molecule has 1 aromatic carbocycles. The highest BCUT2D eigenvalue weighted by Gasteiger charge is 2.17. The largest absolute Gasteiger partial charge is 0.465 e. The van der Waals surface area contributed by atoms with E-state index in [1.807, 2.05) is 11.4 Å². The van der Waals surface area contributed by atoms with Gasteiger partial charge < -0.3 is 9.47 Å². The number of hydrogen-bond donors (Lipinski definition) is 0. The summed E-state index contributed by atoms with van der Waals surface area (Å²) in [6.07, 6.45) is 1.68. The molecule has 30 heavy (non-hydrogen) atoms. The van der Waals surface area contributed by atoms with Crippen LogP contribution < -0.4 is 0 Å². The summed E-state index contributed by atoms with van der Waals surface area (Å²) in [7, 11) is 0. The van der Waals surface area contributed by atoms with Gasteiger partial charge in [0, 0.05) is 5.56 Å². The van der Waals surface area contributed by atoms with Crippen LogP contribution in [0.25, 0.3) is 16.2 Å². The average Bonchev–Trinajstić information content (AvgIpc) is 3.38. The molecule has 4 aromatic rings. The molecule has 0 saturated heterocycles. The number of carbonyl (C=O) groups is 1. The van der Waals surface area contributed by atoms with Crippen molar-refractivity contribution in [1.82, 2.24) is 29.6 Å². The highest BCUT2D eigenvalue weighted by molar-refractivity contribution is 7.16. The van der Waals surface area contributed by atoms with Crippen molar-refractivity contribution in [2.24, 2.45) is 0 Å². The van der Waals surface area contributed by atoms with E-state index in [1.54, 1.807) is 24.5 Å². The van der Waals surface area contributed by atoms with Gasteiger partial charge in [0.1, 0.15) is 17.2 Å². The number of hydrogen-bond acceptors (Lipinski definition) is 8. The van der Waals surface area contributed by atoms with Gasteiger partial charge in [-0.15, -0.1) is 5.10 Å². The molecular formula is C20H22N6O3S. The lowest BCUT2D eigenvalue weighted by Gasteiger charge is -2.05. The lowest BCUT2D eigenvalue weighted by molar-refractivity contribution is -0.144. The Labute approximate surface area is 177 Å². The molecule has 0 aliphatic carbocycles. The first kappa shape index (κ1) is 20.2. The number of ether oxygens (including phenoxy) is 2. The first-order valence-corrected chi connectivity index (χ1v) is 10.4. The maximum absolute atomic E-state index is 11.6. The summed E-state index contributed by atoms with van der Waals surface area (Å²) >= 11 is 1.54. The Balaban J connectivity index is 1.48. The van der Waals surface area contributed by atoms with Gasteiger partial charge in [0.2, 0.25) is 4.96 Å². The van der Waals surface area contributed by atoms with E-state index < -0.39 is 0 Å². The number of rotatable bonds is 8. The third kappa shape index (κ3) is 4.39. The predicted octanol–water partition coefficient (Wildman–Crippen LogP) is 2.95. The van der Waals surface area contributed by atoms with Crippen LogP contribution in [0.1, 0.15) is 28.9 Å². The fourth-order valence-electron chi connectivity index (χ4n) is 3.03. The quantitative estimate of drug-likeness (QED) is 0.400. The molecule has 0 saturated carbocycles. The van der Waals surface area contributed by atoms with Crippen molar-refractivity contribution in [3.05, 3.63) is 52.4 Å². The molecule has 0 unspecified atom stereocenters. The molecule has 3 heterocycles. The van der Waals surface area contributed by atoms with Crippen molar-refractivity contribution < 1.29 is 14.3 Å². The SMILES string of the molecule is CCOC(=O)Cn1cc(COCc2c(-c3ccc(C)cc3)nc3sc(C)nn23)nn1. The van der Waals surface area contributed by atoms with Gasteiger partial charge >= 0.3 is 5.97 Å². The second-order valence-electron chi connectivity index (χ2n) is 6.79. The van der Waals surface area contributed by atoms with Crippen molar-refractivity contribution in [3.8, 4) is 11.3 Å². The van der Waals surface area contributed by atoms with E-state index in [9.17, 15) is 4.79 Å². The predicted molar refractivity (Wildman–Crippen MR) is 111 cm³/mol. The summed E-state index contributed by atoms with van der Waals surface area (Å²) in [5.74, 6) is -0.349. The lowest BCUT2D eigenvalue weighted by Crippen LogP contribution is -2.13. The Kier molecular flexibility index (Phi) is 5.86. The molecule has 4 rings (SSSR count). The van der Waals surface area contributed by atoms with E-state index in [4.69, 9.17) is 14.5 Å². The first-order valence-electron chi connectivity index (χ1n) is 9.58. The van der Waals surface area contributed by atoms with Gasteiger partial charge in [-0.25, -0.2) is 14.2 Å². The summed E-state index contributed by atoms with van der Waals surface area (Å²) < 4.78 is 14.1. The Morgan fingerprint density at radius 3 is 2.73 bits per heavy atom. The molecule has 0 aliphatic rings. The Hall–Kier alpha value is -3.11. The van der Waals surface area contributed by atoms with Gasteiger partial charge in [0.25, 0.3) is 0 Å². The molecule has 0 fully saturated rings. The van der Waals surface area contributed by atoms with Gasteiger partial charge in [-0.1, -0.05) is 46.4 Å². The lowest BCUT2D eigenvalue weighted by atomic mass is 10.1. The molecule has 10 heteroatoms. The summed E-state index contributed by atoms with van der Waals surface area (Å²) in [4.78, 5) is 17.2. The zero-order valence-electron chi connectivity index (χ0n) is 17.0. The number of benzene rings is 1. The summed E-state index contributed by atoms with van der Waals surface area (Å²) in [6.45, 7) is 6.71. The molecule has 0 atom stereocenters. The fraction of sp³-hybridized carbons (Fsp3) is 0.350. The van der Waals surface area contributed by atoms with Crippen molar-refractivity contribution in [2.45, 2.75) is 40.5 Å². The highest BCUT2D eigenvalue weighted by Crippen LogP contribution is 2.28. The second kappa shape index (κ2) is 8.72. The Bertz CT molecular complexity index is 1160. The maximum Gasteiger partial charge on any atom is 0.327 e. The van der Waals surface area contributed by atoms with Gasteiger partial charge in [-0.05, 0) is 20.8 Å². The van der Waals surface area contributed by atoms with E-state index in [2.05, 4.69) is 46.6 Å². The molecular weight excluding hydrogens is 404 g/mol. The molecule has 3 aromatic heterocycles. The molecule has 0 aliphatic heterocycles. The van der Waals surface area contributed by atoms with Gasteiger partial charge in [0.05, 0.1) is 37.4 Å². The average molecular weight is 427 g/mol. The first-order chi connectivity index (χ1) is 14.5. The summed E-state index contributed by atoms with van der Waals surface area (Å²) in [6, 6.07) is 8.24. The normalized spacial score (nSPS) is 11.3. The van der Waals surface area contributed by atoms with Crippen LogP contribution >= 0.6 is 11.3 Å². The van der Waals surface area contributed by atoms with Crippen molar-refractivity contribution in [2.75, 3.05) is 6.61 Å². The number of esters is 1. The van der Waals surface area contributed by atoms with Crippen LogP contribution in [0.5, 0.6) is 0 Å². The highest BCUT2D eigenvalue weighted by atomic mass is 32.1. The minimum Gasteiger partial charge on any atom is -0.465 e. The van der Waals surface area contributed by atoms with Gasteiger partial charge in [-0.3, -0.25) is 4.79 Å². The van der Waals surface area contributed by atoms with Gasteiger partial charge in [0.15, 0.2) is 0 Å². The molecule has 0 spiro atoms. The Morgan fingerprint density at radius 2 is 1.97 bits per heavy atom. The van der Waals surface area contributed by atoms with Crippen LogP contribution in [-0.2, 0) is 34.0 Å². The molecule has 0 bridgehead atoms.